The van der Waals surface area contributed by atoms with Gasteiger partial charge in [0.1, 0.15) is 6.23 Å². The van der Waals surface area contributed by atoms with Gasteiger partial charge in [-0.1, -0.05) is 0 Å². The van der Waals surface area contributed by atoms with E-state index in [0.29, 0.717) is 6.23 Å². The summed E-state index contributed by atoms with van der Waals surface area (Å²) < 4.78 is 5.37. The van der Waals surface area contributed by atoms with Crippen LogP contribution in [-0.2, 0) is 4.74 Å². The number of hydrogen-bond acceptors (Lipinski definition) is 2. The van der Waals surface area contributed by atoms with Crippen molar-refractivity contribution in [1.82, 2.24) is 5.32 Å². The molecule has 2 bridgehead atoms. The van der Waals surface area contributed by atoms with Gasteiger partial charge in [-0.15, -0.1) is 0 Å². The summed E-state index contributed by atoms with van der Waals surface area (Å²) in [6, 6.07) is 0. The van der Waals surface area contributed by atoms with Gasteiger partial charge in [-0.05, 0) is 25.3 Å². The van der Waals surface area contributed by atoms with E-state index in [1.807, 2.05) is 0 Å². The van der Waals surface area contributed by atoms with Gasteiger partial charge in [0.15, 0.2) is 0 Å². The Morgan fingerprint density at radius 1 is 1.50 bits per heavy atom. The van der Waals surface area contributed by atoms with E-state index < -0.39 is 0 Å². The molecule has 2 nitrogen and oxygen atoms in total. The molecule has 0 radical (unpaired) electrons. The SMILES string of the molecule is C1CC2COC(C2)N1. The quantitative estimate of drug-likeness (QED) is 0.489. The highest BCUT2D eigenvalue weighted by Crippen LogP contribution is 2.23. The lowest BCUT2D eigenvalue weighted by Crippen LogP contribution is -2.32. The molecule has 2 unspecified atom stereocenters. The zero-order chi connectivity index (χ0) is 5.40. The summed E-state index contributed by atoms with van der Waals surface area (Å²) in [5, 5.41) is 3.29. The number of piperidine rings is 1. The van der Waals surface area contributed by atoms with Crippen LogP contribution in [0.4, 0.5) is 0 Å². The third kappa shape index (κ3) is 0.644. The third-order valence-electron chi connectivity index (χ3n) is 2.01. The zero-order valence-electron chi connectivity index (χ0n) is 4.89. The molecule has 1 N–H and O–H groups in total. The topological polar surface area (TPSA) is 21.3 Å². The van der Waals surface area contributed by atoms with Crippen molar-refractivity contribution in [3.8, 4) is 0 Å². The van der Waals surface area contributed by atoms with Crippen LogP contribution >= 0.6 is 0 Å². The standard InChI is InChI=1S/C6H11NO/c1-2-7-6-3-5(1)4-8-6/h5-7H,1-4H2. The molecule has 8 heavy (non-hydrogen) atoms. The second kappa shape index (κ2) is 1.71. The highest BCUT2D eigenvalue weighted by molar-refractivity contribution is 4.77. The molecule has 0 aromatic heterocycles. The average molecular weight is 113 g/mol. The number of rotatable bonds is 0. The van der Waals surface area contributed by atoms with Gasteiger partial charge < -0.3 is 4.74 Å². The Hall–Kier alpha value is -0.0800. The number of hydrogen-bond donors (Lipinski definition) is 1. The normalized spacial score (nSPS) is 45.0. The van der Waals surface area contributed by atoms with Gasteiger partial charge in [0, 0.05) is 0 Å². The first-order valence-corrected chi connectivity index (χ1v) is 3.30. The van der Waals surface area contributed by atoms with Crippen LogP contribution in [-0.4, -0.2) is 19.4 Å². The summed E-state index contributed by atoms with van der Waals surface area (Å²) in [5.74, 6) is 0.876. The van der Waals surface area contributed by atoms with Crippen molar-refractivity contribution in [1.29, 1.82) is 0 Å². The molecular formula is C6H11NO. The minimum absolute atomic E-state index is 0.411. The van der Waals surface area contributed by atoms with Gasteiger partial charge in [0.05, 0.1) is 6.61 Å². The Bertz CT molecular complexity index is 80.5. The lowest BCUT2D eigenvalue weighted by Gasteiger charge is -2.16. The molecule has 2 aliphatic heterocycles. The van der Waals surface area contributed by atoms with Crippen molar-refractivity contribution in [2.75, 3.05) is 13.2 Å². The van der Waals surface area contributed by atoms with Crippen molar-refractivity contribution in [2.24, 2.45) is 5.92 Å². The molecule has 2 fully saturated rings. The van der Waals surface area contributed by atoms with Gasteiger partial charge in [-0.25, -0.2) is 0 Å². The highest BCUT2D eigenvalue weighted by Gasteiger charge is 2.28. The van der Waals surface area contributed by atoms with E-state index >= 15 is 0 Å². The van der Waals surface area contributed by atoms with Crippen LogP contribution in [0.2, 0.25) is 0 Å². The predicted octanol–water partition coefficient (Wildman–Crippen LogP) is 0.342. The molecule has 2 saturated heterocycles. The molecule has 0 aromatic rings. The van der Waals surface area contributed by atoms with E-state index in [1.54, 1.807) is 0 Å². The summed E-state index contributed by atoms with van der Waals surface area (Å²) in [6.07, 6.45) is 2.98. The van der Waals surface area contributed by atoms with Crippen molar-refractivity contribution in [3.05, 3.63) is 0 Å². The first-order valence-electron chi connectivity index (χ1n) is 3.30. The monoisotopic (exact) mass is 113 g/mol. The number of nitrogens with one attached hydrogen (secondary N) is 1. The van der Waals surface area contributed by atoms with E-state index in [0.717, 1.165) is 19.1 Å². The van der Waals surface area contributed by atoms with Crippen molar-refractivity contribution in [2.45, 2.75) is 19.1 Å². The van der Waals surface area contributed by atoms with Crippen molar-refractivity contribution >= 4 is 0 Å². The summed E-state index contributed by atoms with van der Waals surface area (Å²) in [4.78, 5) is 0. The van der Waals surface area contributed by atoms with Gasteiger partial charge in [-0.2, -0.15) is 0 Å². The Morgan fingerprint density at radius 3 is 3.25 bits per heavy atom. The fraction of sp³-hybridized carbons (Fsp3) is 1.00. The summed E-state index contributed by atoms with van der Waals surface area (Å²) in [5.41, 5.74) is 0. The Balaban J connectivity index is 2.03. The first-order chi connectivity index (χ1) is 3.95. The molecule has 2 heteroatoms. The maximum atomic E-state index is 5.37. The van der Waals surface area contributed by atoms with Crippen LogP contribution in [0, 0.1) is 5.92 Å². The Kier molecular flexibility index (Phi) is 1.02. The van der Waals surface area contributed by atoms with Crippen LogP contribution in [0.3, 0.4) is 0 Å². The number of fused-ring (bicyclic) bond motifs is 2. The van der Waals surface area contributed by atoms with Crippen LogP contribution in [0.5, 0.6) is 0 Å². The second-order valence-corrected chi connectivity index (χ2v) is 2.67. The zero-order valence-corrected chi connectivity index (χ0v) is 4.89. The fourth-order valence-corrected chi connectivity index (χ4v) is 1.48. The Labute approximate surface area is 49.2 Å². The van der Waals surface area contributed by atoms with E-state index in [2.05, 4.69) is 5.32 Å². The lowest BCUT2D eigenvalue weighted by atomic mass is 10.0. The van der Waals surface area contributed by atoms with E-state index in [9.17, 15) is 0 Å². The molecule has 2 aliphatic rings. The van der Waals surface area contributed by atoms with Crippen molar-refractivity contribution in [3.63, 3.8) is 0 Å². The molecule has 2 atom stereocenters. The summed E-state index contributed by atoms with van der Waals surface area (Å²) in [6.45, 7) is 2.16. The predicted molar refractivity (Wildman–Crippen MR) is 30.5 cm³/mol. The van der Waals surface area contributed by atoms with Gasteiger partial charge in [0.2, 0.25) is 0 Å². The smallest absolute Gasteiger partial charge is 0.108 e. The van der Waals surface area contributed by atoms with E-state index in [4.69, 9.17) is 4.74 Å². The van der Waals surface area contributed by atoms with Crippen LogP contribution in [0.15, 0.2) is 0 Å². The highest BCUT2D eigenvalue weighted by atomic mass is 16.5. The van der Waals surface area contributed by atoms with E-state index in [-0.39, 0.29) is 0 Å². The molecule has 0 saturated carbocycles. The molecule has 0 aliphatic carbocycles. The summed E-state index contributed by atoms with van der Waals surface area (Å²) >= 11 is 0. The van der Waals surface area contributed by atoms with Crippen LogP contribution in [0.1, 0.15) is 12.8 Å². The van der Waals surface area contributed by atoms with Crippen molar-refractivity contribution < 1.29 is 4.74 Å². The lowest BCUT2D eigenvalue weighted by molar-refractivity contribution is 0.0896. The van der Waals surface area contributed by atoms with Gasteiger partial charge >= 0.3 is 0 Å². The Morgan fingerprint density at radius 2 is 2.50 bits per heavy atom. The summed E-state index contributed by atoms with van der Waals surface area (Å²) in [7, 11) is 0. The fourth-order valence-electron chi connectivity index (χ4n) is 1.48. The third-order valence-corrected chi connectivity index (χ3v) is 2.01. The molecule has 46 valence electrons. The maximum absolute atomic E-state index is 5.37. The molecule has 0 aromatic carbocycles. The minimum atomic E-state index is 0.411. The number of ether oxygens (including phenoxy) is 1. The second-order valence-electron chi connectivity index (χ2n) is 2.67. The maximum Gasteiger partial charge on any atom is 0.108 e. The first kappa shape index (κ1) is 4.77. The largest absolute Gasteiger partial charge is 0.363 e. The van der Waals surface area contributed by atoms with Gasteiger partial charge in [0.25, 0.3) is 0 Å². The van der Waals surface area contributed by atoms with Gasteiger partial charge in [-0.3, -0.25) is 5.32 Å². The molecule has 0 amide bonds. The molecule has 2 rings (SSSR count). The van der Waals surface area contributed by atoms with E-state index in [1.165, 1.54) is 12.8 Å². The minimum Gasteiger partial charge on any atom is -0.363 e. The average Bonchev–Trinajstić information content (AvgIpc) is 2.12. The molecule has 0 spiro atoms. The molecular weight excluding hydrogens is 102 g/mol. The van der Waals surface area contributed by atoms with Crippen LogP contribution < -0.4 is 5.32 Å². The molecule has 2 heterocycles. The van der Waals surface area contributed by atoms with Crippen LogP contribution in [0.25, 0.3) is 0 Å².